The molecule has 0 saturated heterocycles. The van der Waals surface area contributed by atoms with E-state index in [-0.39, 0.29) is 0 Å². The molecule has 108 valence electrons. The third kappa shape index (κ3) is 3.43. The van der Waals surface area contributed by atoms with E-state index in [2.05, 4.69) is 71.1 Å². The first-order valence-corrected chi connectivity index (χ1v) is 7.50. The summed E-state index contributed by atoms with van der Waals surface area (Å²) in [5, 5.41) is 6.93. The monoisotopic (exact) mass is 279 g/mol. The number of anilines is 1. The van der Waals surface area contributed by atoms with Gasteiger partial charge in [-0.1, -0.05) is 42.0 Å². The van der Waals surface area contributed by atoms with Crippen molar-refractivity contribution in [3.05, 3.63) is 65.2 Å². The molecule has 0 spiro atoms. The van der Waals surface area contributed by atoms with Crippen LogP contribution in [-0.2, 0) is 6.54 Å². The Bertz CT molecular complexity index is 646. The van der Waals surface area contributed by atoms with Crippen LogP contribution in [-0.4, -0.2) is 18.9 Å². The Labute approximate surface area is 126 Å². The van der Waals surface area contributed by atoms with E-state index < -0.39 is 0 Å². The lowest BCUT2D eigenvalue weighted by molar-refractivity contribution is 0.742. The number of rotatable bonds is 4. The standard InChI is InChI=1S/C18H21N3/c1-14-6-4-7-15(12-14)13-21-17-9-3-2-8-16(17)18-19-10-5-11-20-18/h2-4,6-9,12,21H,5,10-11,13H2,1H3,(H,19,20). The van der Waals surface area contributed by atoms with Crippen LogP contribution in [0.2, 0.25) is 0 Å². The molecule has 0 aromatic heterocycles. The van der Waals surface area contributed by atoms with Gasteiger partial charge in [0.2, 0.25) is 0 Å². The Morgan fingerprint density at radius 2 is 2.05 bits per heavy atom. The molecule has 2 aromatic carbocycles. The predicted molar refractivity (Wildman–Crippen MR) is 89.0 cm³/mol. The fraction of sp³-hybridized carbons (Fsp3) is 0.278. The lowest BCUT2D eigenvalue weighted by Crippen LogP contribution is -2.30. The first kappa shape index (κ1) is 13.7. The maximum Gasteiger partial charge on any atom is 0.130 e. The van der Waals surface area contributed by atoms with Crippen molar-refractivity contribution in [2.75, 3.05) is 18.4 Å². The summed E-state index contributed by atoms with van der Waals surface area (Å²) in [6.45, 7) is 4.86. The van der Waals surface area contributed by atoms with Crippen molar-refractivity contribution in [2.24, 2.45) is 4.99 Å². The van der Waals surface area contributed by atoms with Gasteiger partial charge in [0.25, 0.3) is 0 Å². The van der Waals surface area contributed by atoms with Crippen molar-refractivity contribution in [2.45, 2.75) is 19.9 Å². The average molecular weight is 279 g/mol. The van der Waals surface area contributed by atoms with Crippen LogP contribution in [0.4, 0.5) is 5.69 Å². The molecule has 0 radical (unpaired) electrons. The topological polar surface area (TPSA) is 36.4 Å². The Balaban J connectivity index is 1.78. The van der Waals surface area contributed by atoms with E-state index in [9.17, 15) is 0 Å². The molecule has 3 nitrogen and oxygen atoms in total. The Morgan fingerprint density at radius 1 is 1.14 bits per heavy atom. The molecule has 3 heteroatoms. The third-order valence-corrected chi connectivity index (χ3v) is 3.64. The third-order valence-electron chi connectivity index (χ3n) is 3.64. The molecule has 0 aliphatic carbocycles. The van der Waals surface area contributed by atoms with Crippen LogP contribution in [0, 0.1) is 6.92 Å². The van der Waals surface area contributed by atoms with E-state index in [1.165, 1.54) is 11.1 Å². The SMILES string of the molecule is Cc1cccc(CNc2ccccc2C2=NCCCN2)c1. The van der Waals surface area contributed by atoms with Gasteiger partial charge in [-0.05, 0) is 31.0 Å². The number of para-hydroxylation sites is 1. The number of nitrogens with one attached hydrogen (secondary N) is 2. The summed E-state index contributed by atoms with van der Waals surface area (Å²) < 4.78 is 0. The Morgan fingerprint density at radius 3 is 2.86 bits per heavy atom. The van der Waals surface area contributed by atoms with E-state index in [0.717, 1.165) is 43.1 Å². The van der Waals surface area contributed by atoms with Crippen molar-refractivity contribution < 1.29 is 0 Å². The summed E-state index contributed by atoms with van der Waals surface area (Å²) in [6, 6.07) is 16.9. The minimum atomic E-state index is 0.825. The highest BCUT2D eigenvalue weighted by Crippen LogP contribution is 2.18. The second kappa shape index (κ2) is 6.44. The zero-order valence-corrected chi connectivity index (χ0v) is 12.4. The number of hydrogen-bond donors (Lipinski definition) is 2. The molecule has 21 heavy (non-hydrogen) atoms. The zero-order valence-electron chi connectivity index (χ0n) is 12.4. The van der Waals surface area contributed by atoms with Crippen LogP contribution in [0.1, 0.15) is 23.1 Å². The number of hydrogen-bond acceptors (Lipinski definition) is 3. The molecule has 2 N–H and O–H groups in total. The van der Waals surface area contributed by atoms with Gasteiger partial charge < -0.3 is 10.6 Å². The lowest BCUT2D eigenvalue weighted by atomic mass is 10.1. The zero-order chi connectivity index (χ0) is 14.5. The quantitative estimate of drug-likeness (QED) is 0.900. The van der Waals surface area contributed by atoms with Crippen molar-refractivity contribution >= 4 is 11.5 Å². The smallest absolute Gasteiger partial charge is 0.130 e. The van der Waals surface area contributed by atoms with E-state index in [1.54, 1.807) is 0 Å². The summed E-state index contributed by atoms with van der Waals surface area (Å²) in [6.07, 6.45) is 1.11. The summed E-state index contributed by atoms with van der Waals surface area (Å²) >= 11 is 0. The molecule has 1 heterocycles. The van der Waals surface area contributed by atoms with Gasteiger partial charge >= 0.3 is 0 Å². The van der Waals surface area contributed by atoms with Gasteiger partial charge in [0.15, 0.2) is 0 Å². The van der Waals surface area contributed by atoms with Crippen LogP contribution in [0.25, 0.3) is 0 Å². The summed E-state index contributed by atoms with van der Waals surface area (Å²) in [7, 11) is 0. The molecule has 0 bridgehead atoms. The number of nitrogens with zero attached hydrogens (tertiary/aromatic N) is 1. The predicted octanol–water partition coefficient (Wildman–Crippen LogP) is 3.35. The van der Waals surface area contributed by atoms with Crippen molar-refractivity contribution in [1.29, 1.82) is 0 Å². The van der Waals surface area contributed by atoms with Gasteiger partial charge in [0.1, 0.15) is 5.84 Å². The largest absolute Gasteiger partial charge is 0.380 e. The highest BCUT2D eigenvalue weighted by Gasteiger charge is 2.10. The molecule has 0 amide bonds. The maximum absolute atomic E-state index is 4.59. The molecule has 0 saturated carbocycles. The Hall–Kier alpha value is -2.29. The minimum absolute atomic E-state index is 0.825. The molecule has 1 aliphatic rings. The number of aliphatic imine (C=N–C) groups is 1. The van der Waals surface area contributed by atoms with Crippen molar-refractivity contribution in [1.82, 2.24) is 5.32 Å². The molecule has 0 atom stereocenters. The number of benzene rings is 2. The van der Waals surface area contributed by atoms with Gasteiger partial charge in [-0.25, -0.2) is 0 Å². The summed E-state index contributed by atoms with van der Waals surface area (Å²) in [5.74, 6) is 1.01. The summed E-state index contributed by atoms with van der Waals surface area (Å²) in [5.41, 5.74) is 4.88. The van der Waals surface area contributed by atoms with Gasteiger partial charge in [-0.2, -0.15) is 0 Å². The van der Waals surface area contributed by atoms with E-state index in [0.29, 0.717) is 0 Å². The molecule has 3 rings (SSSR count). The van der Waals surface area contributed by atoms with Crippen molar-refractivity contribution in [3.63, 3.8) is 0 Å². The average Bonchev–Trinajstić information content (AvgIpc) is 2.54. The fourth-order valence-electron chi connectivity index (χ4n) is 2.58. The van der Waals surface area contributed by atoms with Crippen LogP contribution in [0.5, 0.6) is 0 Å². The second-order valence-electron chi connectivity index (χ2n) is 5.40. The lowest BCUT2D eigenvalue weighted by Gasteiger charge is -2.18. The molecule has 0 unspecified atom stereocenters. The van der Waals surface area contributed by atoms with E-state index in [4.69, 9.17) is 0 Å². The summed E-state index contributed by atoms with van der Waals surface area (Å²) in [4.78, 5) is 4.59. The molecular weight excluding hydrogens is 258 g/mol. The van der Waals surface area contributed by atoms with Gasteiger partial charge in [0.05, 0.1) is 0 Å². The highest BCUT2D eigenvalue weighted by molar-refractivity contribution is 6.03. The van der Waals surface area contributed by atoms with E-state index in [1.807, 2.05) is 0 Å². The first-order chi connectivity index (χ1) is 10.3. The second-order valence-corrected chi connectivity index (χ2v) is 5.40. The van der Waals surface area contributed by atoms with Gasteiger partial charge in [-0.15, -0.1) is 0 Å². The fourth-order valence-corrected chi connectivity index (χ4v) is 2.58. The molecule has 1 aliphatic heterocycles. The van der Waals surface area contributed by atoms with Crippen LogP contribution in [0.3, 0.4) is 0 Å². The van der Waals surface area contributed by atoms with Gasteiger partial charge in [0, 0.05) is 30.9 Å². The molecular formula is C18H21N3. The normalized spacial score (nSPS) is 14.2. The molecule has 2 aromatic rings. The van der Waals surface area contributed by atoms with Crippen molar-refractivity contribution in [3.8, 4) is 0 Å². The number of aryl methyl sites for hydroxylation is 1. The minimum Gasteiger partial charge on any atom is -0.380 e. The Kier molecular flexibility index (Phi) is 4.20. The number of amidine groups is 1. The maximum atomic E-state index is 4.59. The highest BCUT2D eigenvalue weighted by atomic mass is 15.0. The van der Waals surface area contributed by atoms with Gasteiger partial charge in [-0.3, -0.25) is 4.99 Å². The van der Waals surface area contributed by atoms with Crippen LogP contribution >= 0.6 is 0 Å². The first-order valence-electron chi connectivity index (χ1n) is 7.50. The van der Waals surface area contributed by atoms with Crippen LogP contribution < -0.4 is 10.6 Å². The molecule has 0 fully saturated rings. The van der Waals surface area contributed by atoms with E-state index >= 15 is 0 Å². The van der Waals surface area contributed by atoms with Crippen LogP contribution in [0.15, 0.2) is 53.5 Å².